The molecule has 0 radical (unpaired) electrons. The van der Waals surface area contributed by atoms with E-state index in [1.165, 1.54) is 6.92 Å². The van der Waals surface area contributed by atoms with E-state index in [-0.39, 0.29) is 0 Å². The number of carbonyl (C=O) groups is 1. The van der Waals surface area contributed by atoms with E-state index in [0.717, 1.165) is 32.8 Å². The predicted octanol–water partition coefficient (Wildman–Crippen LogP) is 0.220. The van der Waals surface area contributed by atoms with Crippen molar-refractivity contribution >= 4 is 6.04 Å². The van der Waals surface area contributed by atoms with E-state index in [9.17, 15) is 9.18 Å². The lowest BCUT2D eigenvalue weighted by Gasteiger charge is -2.26. The van der Waals surface area contributed by atoms with Crippen molar-refractivity contribution in [2.75, 3.05) is 39.5 Å². The monoisotopic (exact) mass is 205 g/mol. The molecule has 1 fully saturated rings. The molecule has 0 aromatic rings. The minimum atomic E-state index is -1.41. The molecule has 4 nitrogen and oxygen atoms in total. The Morgan fingerprint density at radius 1 is 1.57 bits per heavy atom. The van der Waals surface area contributed by atoms with Gasteiger partial charge in [-0.25, -0.2) is 0 Å². The molecular weight excluding hydrogens is 189 g/mol. The highest BCUT2D eigenvalue weighted by molar-refractivity contribution is 5.72. The molecule has 0 N–H and O–H groups in total. The van der Waals surface area contributed by atoms with Gasteiger partial charge in [-0.3, -0.25) is 9.69 Å². The number of morpholine rings is 1. The van der Waals surface area contributed by atoms with Crippen LogP contribution in [0.1, 0.15) is 6.92 Å². The zero-order valence-electron chi connectivity index (χ0n) is 8.37. The van der Waals surface area contributed by atoms with Crippen LogP contribution in [0.15, 0.2) is 0 Å². The highest BCUT2D eigenvalue weighted by atomic mass is 19.1. The van der Waals surface area contributed by atoms with Crippen LogP contribution in [-0.4, -0.2) is 56.5 Å². The second kappa shape index (κ2) is 6.06. The maximum atomic E-state index is 12.1. The first-order valence-corrected chi connectivity index (χ1v) is 4.81. The van der Waals surface area contributed by atoms with Gasteiger partial charge in [0.05, 0.1) is 19.8 Å². The Balaban J connectivity index is 2.05. The standard InChI is InChI=1S/C9H16FNO3/c1-8(9(10)12)14-7-4-11-2-5-13-6-3-11/h8H,2-7H2,1H3. The Morgan fingerprint density at radius 2 is 2.21 bits per heavy atom. The van der Waals surface area contributed by atoms with Crippen LogP contribution in [0.25, 0.3) is 0 Å². The summed E-state index contributed by atoms with van der Waals surface area (Å²) >= 11 is 0. The summed E-state index contributed by atoms with van der Waals surface area (Å²) in [5.74, 6) is 0. The number of rotatable bonds is 5. The first-order chi connectivity index (χ1) is 6.70. The molecule has 1 aliphatic rings. The van der Waals surface area contributed by atoms with Crippen LogP contribution in [0.3, 0.4) is 0 Å². The Labute approximate surface area is 83.0 Å². The van der Waals surface area contributed by atoms with Crippen LogP contribution in [0.5, 0.6) is 0 Å². The first-order valence-electron chi connectivity index (χ1n) is 4.81. The molecule has 1 heterocycles. The van der Waals surface area contributed by atoms with E-state index in [0.29, 0.717) is 6.61 Å². The lowest BCUT2D eigenvalue weighted by Crippen LogP contribution is -2.38. The van der Waals surface area contributed by atoms with Gasteiger partial charge >= 0.3 is 6.04 Å². The number of hydrogen-bond donors (Lipinski definition) is 0. The molecule has 14 heavy (non-hydrogen) atoms. The summed E-state index contributed by atoms with van der Waals surface area (Å²) in [6.07, 6.45) is -0.934. The molecule has 0 spiro atoms. The average molecular weight is 205 g/mol. The van der Waals surface area contributed by atoms with Gasteiger partial charge in [0.2, 0.25) is 0 Å². The van der Waals surface area contributed by atoms with Crippen LogP contribution in [0.4, 0.5) is 4.39 Å². The molecule has 1 rings (SSSR count). The second-order valence-electron chi connectivity index (χ2n) is 3.27. The van der Waals surface area contributed by atoms with Gasteiger partial charge in [0.1, 0.15) is 6.10 Å². The molecule has 1 atom stereocenters. The zero-order valence-corrected chi connectivity index (χ0v) is 8.37. The first kappa shape index (κ1) is 11.6. The number of halogens is 1. The van der Waals surface area contributed by atoms with Crippen molar-refractivity contribution < 1.29 is 18.7 Å². The Bertz CT molecular complexity index is 183. The third-order valence-corrected chi connectivity index (χ3v) is 2.20. The minimum Gasteiger partial charge on any atom is -0.379 e. The molecule has 0 aliphatic carbocycles. The van der Waals surface area contributed by atoms with E-state index in [1.54, 1.807) is 0 Å². The third kappa shape index (κ3) is 4.13. The molecule has 0 amide bonds. The lowest BCUT2D eigenvalue weighted by molar-refractivity contribution is -0.141. The fraction of sp³-hybridized carbons (Fsp3) is 0.889. The Kier molecular flexibility index (Phi) is 5.00. The van der Waals surface area contributed by atoms with Gasteiger partial charge in [0.15, 0.2) is 0 Å². The van der Waals surface area contributed by atoms with Crippen molar-refractivity contribution in [3.63, 3.8) is 0 Å². The summed E-state index contributed by atoms with van der Waals surface area (Å²) in [5, 5.41) is 0. The number of ether oxygens (including phenoxy) is 2. The summed E-state index contributed by atoms with van der Waals surface area (Å²) in [7, 11) is 0. The van der Waals surface area contributed by atoms with Gasteiger partial charge in [0, 0.05) is 19.6 Å². The van der Waals surface area contributed by atoms with Crippen molar-refractivity contribution in [1.29, 1.82) is 0 Å². The highest BCUT2D eigenvalue weighted by Gasteiger charge is 2.13. The second-order valence-corrected chi connectivity index (χ2v) is 3.27. The van der Waals surface area contributed by atoms with E-state index < -0.39 is 12.1 Å². The highest BCUT2D eigenvalue weighted by Crippen LogP contribution is 1.98. The quantitative estimate of drug-likeness (QED) is 0.602. The summed E-state index contributed by atoms with van der Waals surface area (Å²) in [6.45, 7) is 5.75. The zero-order chi connectivity index (χ0) is 10.4. The molecule has 0 saturated carbocycles. The molecular formula is C9H16FNO3. The van der Waals surface area contributed by atoms with Crippen molar-refractivity contribution in [3.8, 4) is 0 Å². The fourth-order valence-electron chi connectivity index (χ4n) is 1.25. The summed E-state index contributed by atoms with van der Waals surface area (Å²) < 4.78 is 22.2. The van der Waals surface area contributed by atoms with E-state index >= 15 is 0 Å². The van der Waals surface area contributed by atoms with Crippen molar-refractivity contribution in [3.05, 3.63) is 0 Å². The van der Waals surface area contributed by atoms with Crippen LogP contribution < -0.4 is 0 Å². The third-order valence-electron chi connectivity index (χ3n) is 2.20. The number of hydrogen-bond acceptors (Lipinski definition) is 4. The predicted molar refractivity (Wildman–Crippen MR) is 48.8 cm³/mol. The summed E-state index contributed by atoms with van der Waals surface area (Å²) in [5.41, 5.74) is 0. The maximum absolute atomic E-state index is 12.1. The largest absolute Gasteiger partial charge is 0.379 e. The summed E-state index contributed by atoms with van der Waals surface area (Å²) in [4.78, 5) is 12.4. The molecule has 1 aliphatic heterocycles. The van der Waals surface area contributed by atoms with Gasteiger partial charge in [-0.15, -0.1) is 0 Å². The molecule has 1 unspecified atom stereocenters. The van der Waals surface area contributed by atoms with Gasteiger partial charge in [-0.1, -0.05) is 0 Å². The van der Waals surface area contributed by atoms with Crippen molar-refractivity contribution in [2.45, 2.75) is 13.0 Å². The van der Waals surface area contributed by atoms with Gasteiger partial charge in [-0.2, -0.15) is 4.39 Å². The van der Waals surface area contributed by atoms with Gasteiger partial charge in [-0.05, 0) is 6.92 Å². The molecule has 0 aromatic heterocycles. The number of nitrogens with zero attached hydrogens (tertiary/aromatic N) is 1. The Hall–Kier alpha value is -0.520. The topological polar surface area (TPSA) is 38.8 Å². The fourth-order valence-corrected chi connectivity index (χ4v) is 1.25. The van der Waals surface area contributed by atoms with Crippen LogP contribution in [0.2, 0.25) is 0 Å². The molecule has 5 heteroatoms. The van der Waals surface area contributed by atoms with Crippen LogP contribution in [-0.2, 0) is 14.3 Å². The minimum absolute atomic E-state index is 0.386. The Morgan fingerprint density at radius 3 is 2.79 bits per heavy atom. The van der Waals surface area contributed by atoms with Gasteiger partial charge < -0.3 is 9.47 Å². The maximum Gasteiger partial charge on any atom is 0.329 e. The van der Waals surface area contributed by atoms with Crippen LogP contribution >= 0.6 is 0 Å². The van der Waals surface area contributed by atoms with Gasteiger partial charge in [0.25, 0.3) is 0 Å². The van der Waals surface area contributed by atoms with E-state index in [4.69, 9.17) is 9.47 Å². The smallest absolute Gasteiger partial charge is 0.329 e. The normalized spacial score (nSPS) is 20.7. The summed E-state index contributed by atoms with van der Waals surface area (Å²) in [6, 6.07) is -1.41. The lowest BCUT2D eigenvalue weighted by atomic mass is 10.4. The van der Waals surface area contributed by atoms with E-state index in [1.807, 2.05) is 0 Å². The molecule has 0 aromatic carbocycles. The van der Waals surface area contributed by atoms with E-state index in [2.05, 4.69) is 4.90 Å². The van der Waals surface area contributed by atoms with Crippen molar-refractivity contribution in [2.24, 2.45) is 0 Å². The SMILES string of the molecule is CC(OCCN1CCOCC1)C(=O)F. The average Bonchev–Trinajstić information content (AvgIpc) is 2.19. The molecule has 82 valence electrons. The molecule has 0 bridgehead atoms. The molecule has 1 saturated heterocycles. The van der Waals surface area contributed by atoms with Crippen LogP contribution in [0, 0.1) is 0 Å². The number of carbonyl (C=O) groups excluding carboxylic acids is 1. The van der Waals surface area contributed by atoms with Crippen molar-refractivity contribution in [1.82, 2.24) is 4.90 Å².